The molecule has 0 aromatic rings. The van der Waals surface area contributed by atoms with Crippen LogP contribution in [0.5, 0.6) is 0 Å². The molecule has 0 radical (unpaired) electrons. The molecule has 3 nitrogen and oxygen atoms in total. The van der Waals surface area contributed by atoms with E-state index >= 15 is 0 Å². The molecule has 0 aromatic carbocycles. The fraction of sp³-hybridized carbons (Fsp3) is 0.455. The zero-order chi connectivity index (χ0) is 14.5. The molecule has 0 heterocycles. The minimum Gasteiger partial charge on any atom is -0.388 e. The monoisotopic (exact) mass is 357 g/mol. The quantitative estimate of drug-likeness (QED) is 0.352. The van der Waals surface area contributed by atoms with Gasteiger partial charge in [-0.05, 0) is 6.42 Å². The molecule has 0 bridgehead atoms. The van der Waals surface area contributed by atoms with E-state index in [-0.39, 0.29) is 17.5 Å². The van der Waals surface area contributed by atoms with Gasteiger partial charge in [0.15, 0.2) is 0 Å². The van der Waals surface area contributed by atoms with Gasteiger partial charge in [0.25, 0.3) is 0 Å². The lowest BCUT2D eigenvalue weighted by molar-refractivity contribution is -0.132. The molecule has 0 amide bonds. The van der Waals surface area contributed by atoms with Gasteiger partial charge in [-0.2, -0.15) is 18.3 Å². The van der Waals surface area contributed by atoms with Crippen molar-refractivity contribution in [3.8, 4) is 0 Å². The Morgan fingerprint density at radius 3 is 2.84 bits per heavy atom. The molecule has 0 aromatic heterocycles. The van der Waals surface area contributed by atoms with Crippen LogP contribution in [0.25, 0.3) is 0 Å². The van der Waals surface area contributed by atoms with Gasteiger partial charge in [0.05, 0.1) is 11.1 Å². The maximum Gasteiger partial charge on any atom is 0.389 e. The van der Waals surface area contributed by atoms with Crippen LogP contribution >= 0.6 is 27.5 Å². The van der Waals surface area contributed by atoms with E-state index < -0.39 is 12.6 Å². The number of allylic oxidation sites excluding steroid dienone is 4. The van der Waals surface area contributed by atoms with E-state index in [9.17, 15) is 13.2 Å². The highest BCUT2D eigenvalue weighted by atomic mass is 79.9. The zero-order valence-electron chi connectivity index (χ0n) is 9.79. The molecule has 0 fully saturated rings. The fourth-order valence-corrected chi connectivity index (χ4v) is 2.25. The predicted molar refractivity (Wildman–Crippen MR) is 74.8 cm³/mol. The summed E-state index contributed by atoms with van der Waals surface area (Å²) in [7, 11) is 0. The third-order valence-corrected chi connectivity index (χ3v) is 3.38. The molecule has 1 rings (SSSR count). The minimum absolute atomic E-state index is 0.201. The van der Waals surface area contributed by atoms with Crippen molar-refractivity contribution in [3.63, 3.8) is 0 Å². The second-order valence-electron chi connectivity index (χ2n) is 3.81. The van der Waals surface area contributed by atoms with Gasteiger partial charge >= 0.3 is 6.18 Å². The molecule has 0 unspecified atom stereocenters. The molecule has 19 heavy (non-hydrogen) atoms. The average Bonchev–Trinajstić information content (AvgIpc) is 2.32. The van der Waals surface area contributed by atoms with Gasteiger partial charge in [-0.25, -0.2) is 0 Å². The lowest BCUT2D eigenvalue weighted by Gasteiger charge is -2.16. The number of nitrogens with zero attached hydrogens (tertiary/aromatic N) is 2. The van der Waals surface area contributed by atoms with Gasteiger partial charge < -0.3 is 5.73 Å². The first-order valence-electron chi connectivity index (χ1n) is 5.42. The number of rotatable bonds is 4. The summed E-state index contributed by atoms with van der Waals surface area (Å²) in [6, 6.07) is 0. The smallest absolute Gasteiger partial charge is 0.388 e. The molecular weight excluding hydrogens is 346 g/mol. The molecule has 0 aliphatic heterocycles. The summed E-state index contributed by atoms with van der Waals surface area (Å²) in [6.45, 7) is 0. The second kappa shape index (κ2) is 7.09. The number of alkyl halides is 4. The van der Waals surface area contributed by atoms with Crippen LogP contribution < -0.4 is 5.73 Å². The SMILES string of the molecule is NC=N/N=C(\CCC(F)(F)F)C1=C[C@@H](Cl)CC=C1Br. The Labute approximate surface area is 122 Å². The van der Waals surface area contributed by atoms with E-state index in [2.05, 4.69) is 26.1 Å². The molecule has 1 atom stereocenters. The normalized spacial score (nSPS) is 21.5. The van der Waals surface area contributed by atoms with Crippen molar-refractivity contribution in [1.82, 2.24) is 0 Å². The highest BCUT2D eigenvalue weighted by molar-refractivity contribution is 9.12. The number of halogens is 5. The standard InChI is InChI=1S/C11H12BrClF3N3/c12-9-2-1-7(13)5-8(9)10(19-18-6-17)3-4-11(14,15)16/h2,5-7H,1,3-4H2,(H2,17,18)/b19-10+/t7-/m0/s1. The molecular formula is C11H12BrClF3N3. The van der Waals surface area contributed by atoms with Crippen LogP contribution in [0.3, 0.4) is 0 Å². The first kappa shape index (κ1) is 16.2. The summed E-state index contributed by atoms with van der Waals surface area (Å²) in [6.07, 6.45) is -0.519. The molecule has 106 valence electrons. The van der Waals surface area contributed by atoms with E-state index in [1.54, 1.807) is 12.2 Å². The van der Waals surface area contributed by atoms with Crippen molar-refractivity contribution in [1.29, 1.82) is 0 Å². The van der Waals surface area contributed by atoms with E-state index in [1.807, 2.05) is 0 Å². The second-order valence-corrected chi connectivity index (χ2v) is 5.23. The van der Waals surface area contributed by atoms with E-state index in [4.69, 9.17) is 17.3 Å². The van der Waals surface area contributed by atoms with Crippen molar-refractivity contribution in [2.45, 2.75) is 30.8 Å². The molecule has 0 saturated carbocycles. The van der Waals surface area contributed by atoms with Crippen LogP contribution in [0.1, 0.15) is 19.3 Å². The van der Waals surface area contributed by atoms with Crippen LogP contribution in [0.4, 0.5) is 13.2 Å². The van der Waals surface area contributed by atoms with Gasteiger partial charge in [0.2, 0.25) is 0 Å². The van der Waals surface area contributed by atoms with Crippen LogP contribution in [-0.4, -0.2) is 23.6 Å². The molecule has 2 N–H and O–H groups in total. The Hall–Kier alpha value is -0.820. The van der Waals surface area contributed by atoms with Crippen molar-refractivity contribution >= 4 is 39.6 Å². The molecule has 8 heteroatoms. The van der Waals surface area contributed by atoms with E-state index in [0.29, 0.717) is 16.5 Å². The molecule has 1 aliphatic rings. The topological polar surface area (TPSA) is 50.7 Å². The predicted octanol–water partition coefficient (Wildman–Crippen LogP) is 3.89. The Balaban J connectivity index is 2.94. The largest absolute Gasteiger partial charge is 0.389 e. The highest BCUT2D eigenvalue weighted by Crippen LogP contribution is 2.30. The van der Waals surface area contributed by atoms with Crippen molar-refractivity contribution in [2.24, 2.45) is 15.9 Å². The zero-order valence-corrected chi connectivity index (χ0v) is 12.1. The number of hydrogen-bond acceptors (Lipinski definition) is 2. The van der Waals surface area contributed by atoms with Crippen LogP contribution in [0.15, 0.2) is 32.4 Å². The lowest BCUT2D eigenvalue weighted by Crippen LogP contribution is -2.15. The summed E-state index contributed by atoms with van der Waals surface area (Å²) >= 11 is 9.25. The maximum absolute atomic E-state index is 12.3. The van der Waals surface area contributed by atoms with E-state index in [1.165, 1.54) is 0 Å². The lowest BCUT2D eigenvalue weighted by atomic mass is 9.99. The Morgan fingerprint density at radius 1 is 1.58 bits per heavy atom. The third-order valence-electron chi connectivity index (χ3n) is 2.33. The van der Waals surface area contributed by atoms with Crippen LogP contribution in [0, 0.1) is 0 Å². The molecule has 0 spiro atoms. The van der Waals surface area contributed by atoms with Gasteiger partial charge in [-0.15, -0.1) is 16.7 Å². The summed E-state index contributed by atoms with van der Waals surface area (Å²) in [5.41, 5.74) is 5.79. The van der Waals surface area contributed by atoms with Gasteiger partial charge in [-0.1, -0.05) is 28.1 Å². The van der Waals surface area contributed by atoms with E-state index in [0.717, 1.165) is 6.34 Å². The summed E-state index contributed by atoms with van der Waals surface area (Å²) in [5, 5.41) is 6.90. The average molecular weight is 359 g/mol. The fourth-order valence-electron chi connectivity index (χ4n) is 1.49. The molecule has 1 aliphatic carbocycles. The van der Waals surface area contributed by atoms with Crippen molar-refractivity contribution < 1.29 is 13.2 Å². The highest BCUT2D eigenvalue weighted by Gasteiger charge is 2.29. The van der Waals surface area contributed by atoms with Gasteiger partial charge in [-0.3, -0.25) is 0 Å². The first-order valence-corrected chi connectivity index (χ1v) is 6.65. The maximum atomic E-state index is 12.3. The van der Waals surface area contributed by atoms with Crippen LogP contribution in [0.2, 0.25) is 0 Å². The van der Waals surface area contributed by atoms with Crippen molar-refractivity contribution in [2.75, 3.05) is 0 Å². The van der Waals surface area contributed by atoms with Gasteiger partial charge in [0.1, 0.15) is 6.34 Å². The Morgan fingerprint density at radius 2 is 2.26 bits per heavy atom. The third kappa shape index (κ3) is 5.78. The summed E-state index contributed by atoms with van der Waals surface area (Å²) < 4.78 is 37.5. The van der Waals surface area contributed by atoms with Gasteiger partial charge in [0, 0.05) is 22.9 Å². The first-order chi connectivity index (χ1) is 8.83. The Kier molecular flexibility index (Phi) is 6.06. The summed E-state index contributed by atoms with van der Waals surface area (Å²) in [4.78, 5) is 0. The van der Waals surface area contributed by atoms with Crippen LogP contribution in [-0.2, 0) is 0 Å². The number of nitrogens with two attached hydrogens (primary N) is 1. The minimum atomic E-state index is -4.25. The molecule has 0 saturated heterocycles. The Bertz CT molecular complexity index is 441. The number of hydrogen-bond donors (Lipinski definition) is 1. The van der Waals surface area contributed by atoms with Crippen molar-refractivity contribution in [3.05, 3.63) is 22.2 Å². The summed E-state index contributed by atoms with van der Waals surface area (Å²) in [5.74, 6) is 0.